The lowest BCUT2D eigenvalue weighted by Gasteiger charge is -2.04. The standard InChI is InChI=1S/C17H17FN6/c18-4-6-20-9-11-8-13-16(22-11)12-2-1-10(14-3-5-21-24-14)7-15(12)23-17(13)19/h1-3,5,7-8,20,22H,4,6,9H2,(H2,19,23)(H,21,24). The van der Waals surface area contributed by atoms with Gasteiger partial charge in [0.2, 0.25) is 0 Å². The molecule has 3 heterocycles. The highest BCUT2D eigenvalue weighted by Crippen LogP contribution is 2.30. The van der Waals surface area contributed by atoms with Crippen LogP contribution in [0.5, 0.6) is 0 Å². The van der Waals surface area contributed by atoms with E-state index in [0.717, 1.165) is 38.8 Å². The fourth-order valence-electron chi connectivity index (χ4n) is 2.92. The van der Waals surface area contributed by atoms with Gasteiger partial charge in [-0.2, -0.15) is 5.10 Å². The molecule has 0 aliphatic rings. The van der Waals surface area contributed by atoms with Crippen LogP contribution in [0.25, 0.3) is 33.1 Å². The lowest BCUT2D eigenvalue weighted by Crippen LogP contribution is -2.16. The van der Waals surface area contributed by atoms with E-state index in [1.54, 1.807) is 6.20 Å². The molecular formula is C17H17FN6. The predicted octanol–water partition coefficient (Wildman–Crippen LogP) is 2.75. The Balaban J connectivity index is 1.81. The SMILES string of the molecule is Nc1nc2cc(-c3ccn[nH]3)ccc2c2[nH]c(CNCCF)cc12. The van der Waals surface area contributed by atoms with Gasteiger partial charge in [0.15, 0.2) is 0 Å². The molecule has 0 saturated heterocycles. The number of nitrogens with zero attached hydrogens (tertiary/aromatic N) is 2. The highest BCUT2D eigenvalue weighted by molar-refractivity contribution is 6.08. The number of hydrogen-bond donors (Lipinski definition) is 4. The number of pyridine rings is 1. The number of aromatic amines is 2. The summed E-state index contributed by atoms with van der Waals surface area (Å²) in [6.07, 6.45) is 1.71. The minimum absolute atomic E-state index is 0.331. The van der Waals surface area contributed by atoms with Crippen LogP contribution >= 0.6 is 0 Å². The van der Waals surface area contributed by atoms with Crippen molar-refractivity contribution in [1.29, 1.82) is 0 Å². The van der Waals surface area contributed by atoms with Gasteiger partial charge in [-0.15, -0.1) is 0 Å². The molecule has 0 amide bonds. The smallest absolute Gasteiger partial charge is 0.133 e. The molecule has 0 fully saturated rings. The van der Waals surface area contributed by atoms with Crippen molar-refractivity contribution in [2.24, 2.45) is 0 Å². The van der Waals surface area contributed by atoms with E-state index in [2.05, 4.69) is 25.5 Å². The first kappa shape index (κ1) is 14.6. The van der Waals surface area contributed by atoms with Gasteiger partial charge in [-0.3, -0.25) is 5.10 Å². The second kappa shape index (κ2) is 5.93. The van der Waals surface area contributed by atoms with Crippen LogP contribution in [0, 0.1) is 0 Å². The number of halogens is 1. The van der Waals surface area contributed by atoms with E-state index in [0.29, 0.717) is 18.9 Å². The summed E-state index contributed by atoms with van der Waals surface area (Å²) in [4.78, 5) is 7.89. The summed E-state index contributed by atoms with van der Waals surface area (Å²) in [5.74, 6) is 0.479. The van der Waals surface area contributed by atoms with Crippen molar-refractivity contribution < 1.29 is 4.39 Å². The Morgan fingerprint density at radius 3 is 2.88 bits per heavy atom. The predicted molar refractivity (Wildman–Crippen MR) is 93.3 cm³/mol. The van der Waals surface area contributed by atoms with E-state index in [-0.39, 0.29) is 6.67 Å². The third kappa shape index (κ3) is 2.48. The Hall–Kier alpha value is -2.93. The first-order valence-corrected chi connectivity index (χ1v) is 7.73. The number of alkyl halides is 1. The quantitative estimate of drug-likeness (QED) is 0.425. The highest BCUT2D eigenvalue weighted by Gasteiger charge is 2.11. The molecule has 0 bridgehead atoms. The van der Waals surface area contributed by atoms with Crippen LogP contribution < -0.4 is 11.1 Å². The molecule has 4 aromatic rings. The summed E-state index contributed by atoms with van der Waals surface area (Å²) >= 11 is 0. The van der Waals surface area contributed by atoms with E-state index in [1.807, 2.05) is 30.3 Å². The van der Waals surface area contributed by atoms with Crippen molar-refractivity contribution in [3.8, 4) is 11.3 Å². The highest BCUT2D eigenvalue weighted by atomic mass is 19.1. The van der Waals surface area contributed by atoms with Crippen LogP contribution in [0.15, 0.2) is 36.5 Å². The molecule has 0 aliphatic carbocycles. The maximum atomic E-state index is 12.2. The number of anilines is 1. The molecule has 5 N–H and O–H groups in total. The third-order valence-corrected chi connectivity index (χ3v) is 4.06. The Morgan fingerprint density at radius 2 is 2.08 bits per heavy atom. The van der Waals surface area contributed by atoms with Crippen LogP contribution in [-0.4, -0.2) is 33.4 Å². The van der Waals surface area contributed by atoms with Crippen molar-refractivity contribution >= 4 is 27.6 Å². The summed E-state index contributed by atoms with van der Waals surface area (Å²) in [6, 6.07) is 9.91. The third-order valence-electron chi connectivity index (χ3n) is 4.06. The van der Waals surface area contributed by atoms with Gasteiger partial charge in [0, 0.05) is 41.3 Å². The van der Waals surface area contributed by atoms with Crippen LogP contribution in [0.3, 0.4) is 0 Å². The zero-order valence-corrected chi connectivity index (χ0v) is 12.9. The normalized spacial score (nSPS) is 11.5. The fourth-order valence-corrected chi connectivity index (χ4v) is 2.92. The molecule has 0 unspecified atom stereocenters. The van der Waals surface area contributed by atoms with Gasteiger partial charge in [-0.1, -0.05) is 12.1 Å². The molecule has 0 spiro atoms. The molecule has 0 aliphatic heterocycles. The molecule has 3 aromatic heterocycles. The van der Waals surface area contributed by atoms with Crippen LogP contribution in [0.2, 0.25) is 0 Å². The Labute approximate surface area is 137 Å². The van der Waals surface area contributed by atoms with E-state index >= 15 is 0 Å². The van der Waals surface area contributed by atoms with E-state index < -0.39 is 0 Å². The molecule has 6 nitrogen and oxygen atoms in total. The van der Waals surface area contributed by atoms with E-state index in [4.69, 9.17) is 5.73 Å². The first-order valence-electron chi connectivity index (χ1n) is 7.73. The summed E-state index contributed by atoms with van der Waals surface area (Å²) in [6.45, 7) is 0.506. The summed E-state index contributed by atoms with van der Waals surface area (Å²) < 4.78 is 12.2. The Morgan fingerprint density at radius 1 is 1.17 bits per heavy atom. The average Bonchev–Trinajstić information content (AvgIpc) is 3.25. The number of hydrogen-bond acceptors (Lipinski definition) is 4. The molecule has 4 rings (SSSR count). The van der Waals surface area contributed by atoms with Gasteiger partial charge in [-0.25, -0.2) is 9.37 Å². The van der Waals surface area contributed by atoms with Gasteiger partial charge < -0.3 is 16.0 Å². The summed E-state index contributed by atoms with van der Waals surface area (Å²) in [5, 5.41) is 11.8. The molecule has 0 saturated carbocycles. The molecule has 0 radical (unpaired) electrons. The lowest BCUT2D eigenvalue weighted by molar-refractivity contribution is 0.466. The minimum Gasteiger partial charge on any atom is -0.383 e. The number of aromatic nitrogens is 4. The van der Waals surface area contributed by atoms with E-state index in [9.17, 15) is 4.39 Å². The number of nitrogens with two attached hydrogens (primary N) is 1. The zero-order valence-electron chi connectivity index (χ0n) is 12.9. The van der Waals surface area contributed by atoms with Gasteiger partial charge in [-0.05, 0) is 18.2 Å². The number of nitrogen functional groups attached to an aromatic ring is 1. The molecular weight excluding hydrogens is 307 g/mol. The monoisotopic (exact) mass is 324 g/mol. The lowest BCUT2D eigenvalue weighted by atomic mass is 10.1. The molecule has 1 aromatic carbocycles. The van der Waals surface area contributed by atoms with Crippen LogP contribution in [0.1, 0.15) is 5.69 Å². The molecule has 24 heavy (non-hydrogen) atoms. The van der Waals surface area contributed by atoms with Gasteiger partial charge in [0.1, 0.15) is 12.5 Å². The fraction of sp³-hybridized carbons (Fsp3) is 0.176. The second-order valence-electron chi connectivity index (χ2n) is 5.65. The molecule has 7 heteroatoms. The first-order chi connectivity index (χ1) is 11.8. The number of rotatable bonds is 5. The van der Waals surface area contributed by atoms with Crippen molar-refractivity contribution in [3.63, 3.8) is 0 Å². The Bertz CT molecular complexity index is 989. The average molecular weight is 324 g/mol. The maximum Gasteiger partial charge on any atom is 0.133 e. The molecule has 122 valence electrons. The van der Waals surface area contributed by atoms with Crippen molar-refractivity contribution in [3.05, 3.63) is 42.2 Å². The van der Waals surface area contributed by atoms with Gasteiger partial charge >= 0.3 is 0 Å². The minimum atomic E-state index is -0.386. The molecule has 0 atom stereocenters. The zero-order chi connectivity index (χ0) is 16.5. The van der Waals surface area contributed by atoms with Crippen molar-refractivity contribution in [2.75, 3.05) is 19.0 Å². The van der Waals surface area contributed by atoms with Gasteiger partial charge in [0.05, 0.1) is 16.7 Å². The summed E-state index contributed by atoms with van der Waals surface area (Å²) in [5.41, 5.74) is 10.8. The van der Waals surface area contributed by atoms with Crippen LogP contribution in [-0.2, 0) is 6.54 Å². The maximum absolute atomic E-state index is 12.2. The number of nitrogens with one attached hydrogen (secondary N) is 3. The Kier molecular flexibility index (Phi) is 3.62. The number of H-pyrrole nitrogens is 2. The van der Waals surface area contributed by atoms with Crippen molar-refractivity contribution in [1.82, 2.24) is 25.5 Å². The summed E-state index contributed by atoms with van der Waals surface area (Å²) in [7, 11) is 0. The topological polar surface area (TPSA) is 95.4 Å². The largest absolute Gasteiger partial charge is 0.383 e. The van der Waals surface area contributed by atoms with Gasteiger partial charge in [0.25, 0.3) is 0 Å². The second-order valence-corrected chi connectivity index (χ2v) is 5.65. The van der Waals surface area contributed by atoms with Crippen molar-refractivity contribution in [2.45, 2.75) is 6.54 Å². The van der Waals surface area contributed by atoms with E-state index in [1.165, 1.54) is 0 Å². The number of fused-ring (bicyclic) bond motifs is 3. The number of benzene rings is 1. The van der Waals surface area contributed by atoms with Crippen LogP contribution in [0.4, 0.5) is 10.2 Å².